The van der Waals surface area contributed by atoms with E-state index < -0.39 is 5.60 Å². The van der Waals surface area contributed by atoms with Gasteiger partial charge in [-0.05, 0) is 83.5 Å². The summed E-state index contributed by atoms with van der Waals surface area (Å²) in [6.07, 6.45) is 5.28. The first-order valence-corrected chi connectivity index (χ1v) is 17.7. The SMILES string of the molecule is [C-]#[N+]CC1CN(c2nc(OCC3(CN4CCCC4)CC3)nc3c2CCN(c2cccc4cccc(Cl)c24)C3)CCN1C(=O)OC(C)(C)C. The lowest BCUT2D eigenvalue weighted by molar-refractivity contribution is 0.0155. The molecule has 254 valence electrons. The molecule has 2 saturated heterocycles. The molecule has 4 heterocycles. The molecular formula is C37H46ClN7O3. The van der Waals surface area contributed by atoms with Gasteiger partial charge in [0.05, 0.1) is 23.9 Å². The maximum absolute atomic E-state index is 13.1. The summed E-state index contributed by atoms with van der Waals surface area (Å²) in [5, 5.41) is 2.90. The van der Waals surface area contributed by atoms with Crippen LogP contribution in [0, 0.1) is 12.0 Å². The van der Waals surface area contributed by atoms with Gasteiger partial charge in [-0.1, -0.05) is 35.9 Å². The summed E-state index contributed by atoms with van der Waals surface area (Å²) in [6.45, 7) is 20.4. The molecule has 1 saturated carbocycles. The van der Waals surface area contributed by atoms with E-state index in [9.17, 15) is 4.79 Å². The highest BCUT2D eigenvalue weighted by Crippen LogP contribution is 2.47. The topological polar surface area (TPSA) is 78.6 Å². The van der Waals surface area contributed by atoms with Crippen LogP contribution in [0.5, 0.6) is 6.01 Å². The summed E-state index contributed by atoms with van der Waals surface area (Å²) in [4.78, 5) is 35.9. The first-order valence-electron chi connectivity index (χ1n) is 17.4. The van der Waals surface area contributed by atoms with Gasteiger partial charge < -0.3 is 29.0 Å². The minimum absolute atomic E-state index is 0.176. The monoisotopic (exact) mass is 671 g/mol. The van der Waals surface area contributed by atoms with Crippen molar-refractivity contribution in [1.29, 1.82) is 0 Å². The molecule has 2 aromatic carbocycles. The first-order chi connectivity index (χ1) is 23.1. The molecule has 3 aliphatic heterocycles. The van der Waals surface area contributed by atoms with Crippen LogP contribution >= 0.6 is 11.6 Å². The number of hydrogen-bond donors (Lipinski definition) is 0. The third-order valence-electron chi connectivity index (χ3n) is 10.1. The van der Waals surface area contributed by atoms with Crippen molar-refractivity contribution >= 4 is 40.0 Å². The minimum atomic E-state index is -0.608. The van der Waals surface area contributed by atoms with E-state index in [0.717, 1.165) is 58.1 Å². The van der Waals surface area contributed by atoms with Crippen molar-refractivity contribution in [2.45, 2.75) is 71.1 Å². The van der Waals surface area contributed by atoms with E-state index >= 15 is 0 Å². The van der Waals surface area contributed by atoms with Gasteiger partial charge in [0.15, 0.2) is 0 Å². The number of amides is 1. The van der Waals surface area contributed by atoms with Crippen LogP contribution in [0.2, 0.25) is 5.02 Å². The van der Waals surface area contributed by atoms with Crippen molar-refractivity contribution in [3.05, 3.63) is 64.1 Å². The largest absolute Gasteiger partial charge is 0.463 e. The first kappa shape index (κ1) is 32.7. The Balaban J connectivity index is 1.18. The van der Waals surface area contributed by atoms with Crippen LogP contribution in [0.25, 0.3) is 15.6 Å². The molecule has 10 nitrogen and oxygen atoms in total. The average Bonchev–Trinajstić information content (AvgIpc) is 3.63. The summed E-state index contributed by atoms with van der Waals surface area (Å²) in [5.41, 5.74) is 2.72. The lowest BCUT2D eigenvalue weighted by atomic mass is 10.0. The number of carbonyl (C=O) groups is 1. The standard InChI is InChI=1S/C37H46ClN7O3/c1-36(2,3)48-35(46)45-20-19-44(22-27(45)21-39-4)33-28-13-18-43(31-12-8-10-26-9-7-11-29(38)32(26)31)23-30(28)40-34(41-33)47-25-37(14-15-37)24-42-16-5-6-17-42/h7-12,27H,5-6,13-25H2,1-3H3. The minimum Gasteiger partial charge on any atom is -0.463 e. The molecular weight excluding hydrogens is 626 g/mol. The molecule has 11 heteroatoms. The highest BCUT2D eigenvalue weighted by atomic mass is 35.5. The van der Waals surface area contributed by atoms with Crippen LogP contribution in [-0.2, 0) is 17.7 Å². The molecule has 0 spiro atoms. The van der Waals surface area contributed by atoms with Crippen LogP contribution in [0.4, 0.5) is 16.3 Å². The highest BCUT2D eigenvalue weighted by molar-refractivity contribution is 6.36. The third-order valence-corrected chi connectivity index (χ3v) is 10.4. The van der Waals surface area contributed by atoms with Gasteiger partial charge in [-0.15, -0.1) is 0 Å². The van der Waals surface area contributed by atoms with Crippen molar-refractivity contribution in [2.24, 2.45) is 5.41 Å². The Morgan fingerprint density at radius 3 is 2.54 bits per heavy atom. The van der Waals surface area contributed by atoms with Crippen molar-refractivity contribution in [1.82, 2.24) is 19.8 Å². The number of anilines is 2. The molecule has 1 unspecified atom stereocenters. The number of carbonyl (C=O) groups excluding carboxylic acids is 1. The molecule has 3 aromatic rings. The normalized spacial score (nSPS) is 20.8. The van der Waals surface area contributed by atoms with E-state index in [4.69, 9.17) is 37.6 Å². The number of likely N-dealkylation sites (tertiary alicyclic amines) is 1. The molecule has 48 heavy (non-hydrogen) atoms. The number of aromatic nitrogens is 2. The lowest BCUT2D eigenvalue weighted by Crippen LogP contribution is -2.57. The molecule has 0 radical (unpaired) electrons. The van der Waals surface area contributed by atoms with E-state index in [1.54, 1.807) is 4.90 Å². The van der Waals surface area contributed by atoms with Crippen molar-refractivity contribution in [3.63, 3.8) is 0 Å². The fourth-order valence-corrected chi connectivity index (χ4v) is 7.77. The summed E-state index contributed by atoms with van der Waals surface area (Å²) < 4.78 is 12.2. The maximum atomic E-state index is 13.1. The Morgan fingerprint density at radius 1 is 1.04 bits per heavy atom. The van der Waals surface area contributed by atoms with Gasteiger partial charge >= 0.3 is 12.1 Å². The number of ether oxygens (including phenoxy) is 2. The number of piperazine rings is 1. The van der Waals surface area contributed by atoms with Gasteiger partial charge in [-0.25, -0.2) is 11.4 Å². The van der Waals surface area contributed by atoms with Crippen molar-refractivity contribution in [2.75, 3.05) is 68.8 Å². The summed E-state index contributed by atoms with van der Waals surface area (Å²) in [7, 11) is 0. The number of nitrogens with zero attached hydrogens (tertiary/aromatic N) is 7. The number of hydrogen-bond acceptors (Lipinski definition) is 8. The van der Waals surface area contributed by atoms with Gasteiger partial charge in [0.1, 0.15) is 17.5 Å². The predicted molar refractivity (Wildman–Crippen MR) is 189 cm³/mol. The fourth-order valence-electron chi connectivity index (χ4n) is 7.49. The van der Waals surface area contributed by atoms with E-state index in [-0.39, 0.29) is 24.1 Å². The number of halogens is 1. The molecule has 0 bridgehead atoms. The summed E-state index contributed by atoms with van der Waals surface area (Å²) in [5.74, 6) is 0.855. The zero-order valence-electron chi connectivity index (χ0n) is 28.4. The Labute approximate surface area is 288 Å². The Kier molecular flexibility index (Phi) is 9.03. The van der Waals surface area contributed by atoms with Gasteiger partial charge in [0.2, 0.25) is 6.54 Å². The highest BCUT2D eigenvalue weighted by Gasteiger charge is 2.45. The van der Waals surface area contributed by atoms with E-state index in [0.29, 0.717) is 38.8 Å². The van der Waals surface area contributed by atoms with Gasteiger partial charge in [0.25, 0.3) is 0 Å². The lowest BCUT2D eigenvalue weighted by Gasteiger charge is -2.41. The fraction of sp³-hybridized carbons (Fsp3) is 0.568. The number of rotatable bonds is 8. The molecule has 1 aliphatic carbocycles. The number of benzene rings is 2. The van der Waals surface area contributed by atoms with Crippen molar-refractivity contribution in [3.8, 4) is 6.01 Å². The van der Waals surface area contributed by atoms with Crippen LogP contribution in [-0.4, -0.2) is 96.5 Å². The van der Waals surface area contributed by atoms with Crippen LogP contribution in [0.3, 0.4) is 0 Å². The molecule has 4 aliphatic rings. The third kappa shape index (κ3) is 6.99. The second kappa shape index (κ2) is 13.2. The van der Waals surface area contributed by atoms with Crippen LogP contribution < -0.4 is 14.5 Å². The zero-order chi connectivity index (χ0) is 33.5. The maximum Gasteiger partial charge on any atom is 0.410 e. The summed E-state index contributed by atoms with van der Waals surface area (Å²) >= 11 is 6.75. The Hall–Kier alpha value is -3.81. The second-order valence-electron chi connectivity index (χ2n) is 14.9. The van der Waals surface area contributed by atoms with Gasteiger partial charge in [-0.2, -0.15) is 9.97 Å². The molecule has 1 amide bonds. The molecule has 1 aromatic heterocycles. The van der Waals surface area contributed by atoms with Crippen LogP contribution in [0.1, 0.15) is 57.7 Å². The van der Waals surface area contributed by atoms with Gasteiger partial charge in [-0.3, -0.25) is 4.90 Å². The molecule has 3 fully saturated rings. The zero-order valence-corrected chi connectivity index (χ0v) is 29.1. The van der Waals surface area contributed by atoms with E-state index in [2.05, 4.69) is 43.8 Å². The predicted octanol–water partition coefficient (Wildman–Crippen LogP) is 6.45. The smallest absolute Gasteiger partial charge is 0.410 e. The Bertz CT molecular complexity index is 1700. The van der Waals surface area contributed by atoms with Crippen molar-refractivity contribution < 1.29 is 14.3 Å². The average molecular weight is 672 g/mol. The van der Waals surface area contributed by atoms with Gasteiger partial charge in [0, 0.05) is 54.8 Å². The van der Waals surface area contributed by atoms with Crippen LogP contribution in [0.15, 0.2) is 36.4 Å². The van der Waals surface area contributed by atoms with E-state index in [1.165, 1.54) is 38.8 Å². The van der Waals surface area contributed by atoms with E-state index in [1.807, 2.05) is 32.9 Å². The molecule has 0 N–H and O–H groups in total. The Morgan fingerprint density at radius 2 is 1.81 bits per heavy atom. The second-order valence-corrected chi connectivity index (χ2v) is 15.3. The molecule has 7 rings (SSSR count). The number of fused-ring (bicyclic) bond motifs is 2. The summed E-state index contributed by atoms with van der Waals surface area (Å²) in [6, 6.07) is 12.5. The quantitative estimate of drug-likeness (QED) is 0.253. The molecule has 1 atom stereocenters.